The van der Waals surface area contributed by atoms with Crippen molar-refractivity contribution in [2.75, 3.05) is 7.11 Å². The summed E-state index contributed by atoms with van der Waals surface area (Å²) in [4.78, 5) is 11.5. The Morgan fingerprint density at radius 3 is 2.52 bits per heavy atom. The Morgan fingerprint density at radius 2 is 1.88 bits per heavy atom. The largest absolute Gasteiger partial charge is 0.478 e. The van der Waals surface area contributed by atoms with Crippen molar-refractivity contribution in [2.24, 2.45) is 0 Å². The van der Waals surface area contributed by atoms with Crippen LogP contribution in [0.25, 0.3) is 16.8 Å². The van der Waals surface area contributed by atoms with E-state index in [1.54, 1.807) is 19.2 Å². The number of carboxylic acids is 1. The predicted octanol–water partition coefficient (Wildman–Crippen LogP) is 3.04. The van der Waals surface area contributed by atoms with Crippen LogP contribution in [0.5, 0.6) is 0 Å². The van der Waals surface area contributed by atoms with Crippen LogP contribution in [0.4, 0.5) is 0 Å². The highest BCUT2D eigenvalue weighted by molar-refractivity contribution is 5.90. The maximum atomic E-state index is 11.5. The van der Waals surface area contributed by atoms with Crippen molar-refractivity contribution in [3.05, 3.63) is 59.4 Å². The number of aryl methyl sites for hydroxylation is 1. The fourth-order valence-corrected chi connectivity index (χ4v) is 2.51. The molecule has 3 aromatic rings. The van der Waals surface area contributed by atoms with Gasteiger partial charge in [-0.2, -0.15) is 4.68 Å². The van der Waals surface area contributed by atoms with Gasteiger partial charge in [-0.1, -0.05) is 29.8 Å². The van der Waals surface area contributed by atoms with Gasteiger partial charge in [-0.05, 0) is 53.6 Å². The first-order chi connectivity index (χ1) is 12.0. The molecule has 0 aliphatic rings. The van der Waals surface area contributed by atoms with Crippen molar-refractivity contribution < 1.29 is 14.6 Å². The lowest BCUT2D eigenvalue weighted by Crippen LogP contribution is -2.09. The van der Waals surface area contributed by atoms with E-state index in [0.717, 1.165) is 16.7 Å². The first-order valence-electron chi connectivity index (χ1n) is 7.76. The zero-order valence-electron chi connectivity index (χ0n) is 14.2. The van der Waals surface area contributed by atoms with E-state index < -0.39 is 5.97 Å². The van der Waals surface area contributed by atoms with Crippen LogP contribution in [0.2, 0.25) is 0 Å². The number of tetrazole rings is 1. The van der Waals surface area contributed by atoms with Crippen molar-refractivity contribution in [2.45, 2.75) is 20.0 Å². The summed E-state index contributed by atoms with van der Waals surface area (Å²) in [5.41, 5.74) is 3.57. The first kappa shape index (κ1) is 16.8. The zero-order valence-corrected chi connectivity index (χ0v) is 14.2. The monoisotopic (exact) mass is 338 g/mol. The molecular weight excluding hydrogens is 320 g/mol. The molecule has 3 rings (SSSR count). The normalized spacial score (nSPS) is 12.1. The summed E-state index contributed by atoms with van der Waals surface area (Å²) >= 11 is 0. The van der Waals surface area contributed by atoms with Crippen LogP contribution >= 0.6 is 0 Å². The molecule has 1 heterocycles. The van der Waals surface area contributed by atoms with Gasteiger partial charge < -0.3 is 9.84 Å². The summed E-state index contributed by atoms with van der Waals surface area (Å²) in [6.07, 6.45) is -0.327. The summed E-state index contributed by atoms with van der Waals surface area (Å²) in [5, 5.41) is 21.1. The molecule has 7 heteroatoms. The standard InChI is InChI=1S/C18H18N4O3/c1-11-4-6-13(7-5-11)14-8-15(18(23)24)10-16(9-14)22-17(12(2)25-3)19-20-21-22/h4-10,12H,1-3H3,(H,23,24)/t12-/m0/s1. The second-order valence-corrected chi connectivity index (χ2v) is 5.77. The average molecular weight is 338 g/mol. The van der Waals surface area contributed by atoms with Crippen molar-refractivity contribution in [1.82, 2.24) is 20.2 Å². The molecule has 0 saturated heterocycles. The molecule has 2 aromatic carbocycles. The van der Waals surface area contributed by atoms with E-state index in [2.05, 4.69) is 15.5 Å². The first-order valence-corrected chi connectivity index (χ1v) is 7.76. The van der Waals surface area contributed by atoms with Gasteiger partial charge in [0.15, 0.2) is 5.82 Å². The summed E-state index contributed by atoms with van der Waals surface area (Å²) < 4.78 is 6.78. The Kier molecular flexibility index (Phi) is 4.58. The van der Waals surface area contributed by atoms with E-state index in [1.807, 2.05) is 44.2 Å². The Balaban J connectivity index is 2.16. The van der Waals surface area contributed by atoms with Gasteiger partial charge in [-0.15, -0.1) is 5.10 Å². The molecule has 0 unspecified atom stereocenters. The summed E-state index contributed by atoms with van der Waals surface area (Å²) in [6.45, 7) is 3.83. The maximum Gasteiger partial charge on any atom is 0.335 e. The molecule has 0 aliphatic carbocycles. The molecule has 25 heavy (non-hydrogen) atoms. The van der Waals surface area contributed by atoms with Gasteiger partial charge in [0.05, 0.1) is 11.3 Å². The molecule has 7 nitrogen and oxygen atoms in total. The number of nitrogens with zero attached hydrogens (tertiary/aromatic N) is 4. The highest BCUT2D eigenvalue weighted by Crippen LogP contribution is 2.26. The highest BCUT2D eigenvalue weighted by atomic mass is 16.5. The van der Waals surface area contributed by atoms with Crippen LogP contribution in [0.15, 0.2) is 42.5 Å². The third kappa shape index (κ3) is 3.41. The Labute approximate surface area is 144 Å². The van der Waals surface area contributed by atoms with E-state index in [9.17, 15) is 9.90 Å². The number of aromatic nitrogens is 4. The Bertz CT molecular complexity index is 903. The van der Waals surface area contributed by atoms with Crippen molar-refractivity contribution in [1.29, 1.82) is 0 Å². The minimum Gasteiger partial charge on any atom is -0.478 e. The fourth-order valence-electron chi connectivity index (χ4n) is 2.51. The highest BCUT2D eigenvalue weighted by Gasteiger charge is 2.17. The number of aromatic carboxylic acids is 1. The number of methoxy groups -OCH3 is 1. The molecule has 0 fully saturated rings. The molecule has 1 N–H and O–H groups in total. The van der Waals surface area contributed by atoms with Crippen LogP contribution < -0.4 is 0 Å². The van der Waals surface area contributed by atoms with Crippen LogP contribution in [-0.4, -0.2) is 38.4 Å². The minimum atomic E-state index is -1.01. The van der Waals surface area contributed by atoms with Gasteiger partial charge >= 0.3 is 5.97 Å². The molecular formula is C18H18N4O3. The number of carboxylic acid groups (broad SMARTS) is 1. The van der Waals surface area contributed by atoms with E-state index >= 15 is 0 Å². The Hall–Kier alpha value is -3.06. The van der Waals surface area contributed by atoms with Crippen LogP contribution in [0, 0.1) is 6.92 Å². The van der Waals surface area contributed by atoms with E-state index in [-0.39, 0.29) is 11.7 Å². The number of hydrogen-bond acceptors (Lipinski definition) is 5. The molecule has 128 valence electrons. The fraction of sp³-hybridized carbons (Fsp3) is 0.222. The zero-order chi connectivity index (χ0) is 18.0. The van der Waals surface area contributed by atoms with E-state index in [1.165, 1.54) is 4.68 Å². The smallest absolute Gasteiger partial charge is 0.335 e. The second-order valence-electron chi connectivity index (χ2n) is 5.77. The molecule has 0 spiro atoms. The lowest BCUT2D eigenvalue weighted by Gasteiger charge is -2.12. The summed E-state index contributed by atoms with van der Waals surface area (Å²) in [6, 6.07) is 12.9. The van der Waals surface area contributed by atoms with Gasteiger partial charge in [-0.25, -0.2) is 4.79 Å². The predicted molar refractivity (Wildman–Crippen MR) is 91.7 cm³/mol. The van der Waals surface area contributed by atoms with Crippen molar-refractivity contribution in [3.63, 3.8) is 0 Å². The maximum absolute atomic E-state index is 11.5. The lowest BCUT2D eigenvalue weighted by molar-refractivity contribution is 0.0697. The van der Waals surface area contributed by atoms with E-state index in [0.29, 0.717) is 11.5 Å². The molecule has 0 aliphatic heterocycles. The van der Waals surface area contributed by atoms with Gasteiger partial charge in [-0.3, -0.25) is 0 Å². The topological polar surface area (TPSA) is 90.1 Å². The van der Waals surface area contributed by atoms with Crippen molar-refractivity contribution >= 4 is 5.97 Å². The van der Waals surface area contributed by atoms with Crippen molar-refractivity contribution in [3.8, 4) is 16.8 Å². The number of hydrogen-bond donors (Lipinski definition) is 1. The van der Waals surface area contributed by atoms with Crippen LogP contribution in [0.1, 0.15) is 34.8 Å². The lowest BCUT2D eigenvalue weighted by atomic mass is 10.0. The SMILES string of the molecule is CO[C@@H](C)c1nnnn1-c1cc(C(=O)O)cc(-c2ccc(C)cc2)c1. The van der Waals surface area contributed by atoms with Gasteiger partial charge in [0.25, 0.3) is 0 Å². The molecule has 1 aromatic heterocycles. The van der Waals surface area contributed by atoms with Gasteiger partial charge in [0.1, 0.15) is 6.10 Å². The summed E-state index contributed by atoms with van der Waals surface area (Å²) in [7, 11) is 1.56. The van der Waals surface area contributed by atoms with Crippen LogP contribution in [0.3, 0.4) is 0 Å². The van der Waals surface area contributed by atoms with Crippen LogP contribution in [-0.2, 0) is 4.74 Å². The quantitative estimate of drug-likeness (QED) is 0.769. The molecule has 0 bridgehead atoms. The molecule has 0 saturated carbocycles. The molecule has 1 atom stereocenters. The molecule has 0 amide bonds. The molecule has 0 radical (unpaired) electrons. The second kappa shape index (κ2) is 6.82. The third-order valence-corrected chi connectivity index (χ3v) is 4.00. The number of benzene rings is 2. The van der Waals surface area contributed by atoms with Gasteiger partial charge in [0, 0.05) is 7.11 Å². The Morgan fingerprint density at radius 1 is 1.16 bits per heavy atom. The number of ether oxygens (including phenoxy) is 1. The minimum absolute atomic E-state index is 0.166. The van der Waals surface area contributed by atoms with Gasteiger partial charge in [0.2, 0.25) is 0 Å². The summed E-state index contributed by atoms with van der Waals surface area (Å²) in [5.74, 6) is -0.510. The van der Waals surface area contributed by atoms with E-state index in [4.69, 9.17) is 4.74 Å². The third-order valence-electron chi connectivity index (χ3n) is 4.00. The average Bonchev–Trinajstić information content (AvgIpc) is 3.11. The number of carbonyl (C=O) groups is 1. The number of rotatable bonds is 5.